The average Bonchev–Trinajstić information content (AvgIpc) is 2.27. The molecular weight excluding hydrogens is 196 g/mol. The minimum absolute atomic E-state index is 0.104. The van der Waals surface area contributed by atoms with E-state index in [1.54, 1.807) is 6.07 Å². The quantitative estimate of drug-likeness (QED) is 0.749. The number of fused-ring (bicyclic) bond motifs is 1. The van der Waals surface area contributed by atoms with Gasteiger partial charge >= 0.3 is 0 Å². The Hall–Kier alpha value is -1.62. The molecule has 0 spiro atoms. The molecule has 0 saturated heterocycles. The number of hydrogen-bond acceptors (Lipinski definition) is 4. The molecule has 5 nitrogen and oxygen atoms in total. The Bertz CT molecular complexity index is 392. The number of ether oxygens (including phenoxy) is 1. The van der Waals surface area contributed by atoms with E-state index < -0.39 is 6.10 Å². The van der Waals surface area contributed by atoms with Gasteiger partial charge in [0, 0.05) is 6.20 Å². The SMILES string of the molecule is CCC1Oc2ncc(CO)cc2NC1=O. The molecule has 1 aliphatic heterocycles. The van der Waals surface area contributed by atoms with Crippen molar-refractivity contribution in [2.24, 2.45) is 0 Å². The lowest BCUT2D eigenvalue weighted by Crippen LogP contribution is -2.36. The maximum absolute atomic E-state index is 11.5. The van der Waals surface area contributed by atoms with E-state index in [0.717, 1.165) is 0 Å². The van der Waals surface area contributed by atoms with Gasteiger partial charge in [0.15, 0.2) is 6.10 Å². The van der Waals surface area contributed by atoms with E-state index in [0.29, 0.717) is 23.6 Å². The number of aromatic nitrogens is 1. The van der Waals surface area contributed by atoms with Gasteiger partial charge in [-0.1, -0.05) is 6.92 Å². The third kappa shape index (κ3) is 1.78. The highest BCUT2D eigenvalue weighted by molar-refractivity contribution is 5.97. The van der Waals surface area contributed by atoms with Crippen LogP contribution in [0.3, 0.4) is 0 Å². The van der Waals surface area contributed by atoms with E-state index in [1.165, 1.54) is 6.20 Å². The predicted octanol–water partition coefficient (Wildman–Crippen LogP) is 0.683. The number of aliphatic hydroxyl groups is 1. The molecule has 1 unspecified atom stereocenters. The molecule has 2 N–H and O–H groups in total. The molecule has 1 atom stereocenters. The van der Waals surface area contributed by atoms with Crippen LogP contribution in [-0.4, -0.2) is 22.1 Å². The lowest BCUT2D eigenvalue weighted by atomic mass is 10.2. The fraction of sp³-hybridized carbons (Fsp3) is 0.400. The predicted molar refractivity (Wildman–Crippen MR) is 53.5 cm³/mol. The fourth-order valence-corrected chi connectivity index (χ4v) is 1.44. The Kier molecular flexibility index (Phi) is 2.55. The maximum atomic E-state index is 11.5. The molecule has 2 heterocycles. The first-order chi connectivity index (χ1) is 7.24. The van der Waals surface area contributed by atoms with Crippen molar-refractivity contribution in [3.63, 3.8) is 0 Å². The van der Waals surface area contributed by atoms with Crippen molar-refractivity contribution in [3.8, 4) is 5.88 Å². The third-order valence-corrected chi connectivity index (χ3v) is 2.27. The summed E-state index contributed by atoms with van der Waals surface area (Å²) in [7, 11) is 0. The molecule has 0 bridgehead atoms. The molecule has 80 valence electrons. The normalized spacial score (nSPS) is 19.1. The summed E-state index contributed by atoms with van der Waals surface area (Å²) in [6, 6.07) is 1.66. The van der Waals surface area contributed by atoms with Crippen LogP contribution < -0.4 is 10.1 Å². The van der Waals surface area contributed by atoms with Gasteiger partial charge in [0.05, 0.1) is 6.61 Å². The number of hydrogen-bond donors (Lipinski definition) is 2. The van der Waals surface area contributed by atoms with E-state index >= 15 is 0 Å². The molecule has 1 aromatic rings. The number of anilines is 1. The molecule has 1 amide bonds. The van der Waals surface area contributed by atoms with Gasteiger partial charge in [0.25, 0.3) is 5.91 Å². The van der Waals surface area contributed by atoms with Crippen molar-refractivity contribution in [1.29, 1.82) is 0 Å². The van der Waals surface area contributed by atoms with Crippen LogP contribution in [0.1, 0.15) is 18.9 Å². The van der Waals surface area contributed by atoms with Crippen molar-refractivity contribution in [3.05, 3.63) is 17.8 Å². The van der Waals surface area contributed by atoms with Crippen molar-refractivity contribution >= 4 is 11.6 Å². The number of rotatable bonds is 2. The Balaban J connectivity index is 2.32. The minimum Gasteiger partial charge on any atom is -0.463 e. The first-order valence-electron chi connectivity index (χ1n) is 4.82. The maximum Gasteiger partial charge on any atom is 0.265 e. The van der Waals surface area contributed by atoms with Gasteiger partial charge in [-0.05, 0) is 18.1 Å². The first kappa shape index (κ1) is 9.92. The van der Waals surface area contributed by atoms with Gasteiger partial charge in [-0.25, -0.2) is 4.98 Å². The monoisotopic (exact) mass is 208 g/mol. The zero-order valence-electron chi connectivity index (χ0n) is 8.36. The second kappa shape index (κ2) is 3.86. The minimum atomic E-state index is -0.468. The highest BCUT2D eigenvalue weighted by atomic mass is 16.5. The summed E-state index contributed by atoms with van der Waals surface area (Å²) in [6.45, 7) is 1.77. The van der Waals surface area contributed by atoms with Crippen LogP contribution in [0.25, 0.3) is 0 Å². The number of nitrogens with zero attached hydrogens (tertiary/aromatic N) is 1. The molecule has 5 heteroatoms. The van der Waals surface area contributed by atoms with Crippen molar-refractivity contribution in [2.75, 3.05) is 5.32 Å². The van der Waals surface area contributed by atoms with E-state index in [9.17, 15) is 4.79 Å². The molecule has 2 rings (SSSR count). The molecule has 0 saturated carbocycles. The first-order valence-corrected chi connectivity index (χ1v) is 4.82. The standard InChI is InChI=1S/C10H12N2O3/c1-2-8-9(14)12-7-3-6(5-13)4-11-10(7)15-8/h3-4,8,13H,2,5H2,1H3,(H,12,14). The van der Waals surface area contributed by atoms with Gasteiger partial charge in [-0.15, -0.1) is 0 Å². The van der Waals surface area contributed by atoms with E-state index in [4.69, 9.17) is 9.84 Å². The van der Waals surface area contributed by atoms with Crippen molar-refractivity contribution in [1.82, 2.24) is 4.98 Å². The fourth-order valence-electron chi connectivity index (χ4n) is 1.44. The molecule has 1 aromatic heterocycles. The highest BCUT2D eigenvalue weighted by Crippen LogP contribution is 2.28. The zero-order valence-corrected chi connectivity index (χ0v) is 8.36. The van der Waals surface area contributed by atoms with Gasteiger partial charge in [0.2, 0.25) is 5.88 Å². The molecule has 15 heavy (non-hydrogen) atoms. The van der Waals surface area contributed by atoms with Crippen LogP contribution in [0.2, 0.25) is 0 Å². The van der Waals surface area contributed by atoms with E-state index in [1.807, 2.05) is 6.92 Å². The third-order valence-electron chi connectivity index (χ3n) is 2.27. The Morgan fingerprint density at radius 1 is 1.67 bits per heavy atom. The van der Waals surface area contributed by atoms with Crippen LogP contribution in [0.15, 0.2) is 12.3 Å². The largest absolute Gasteiger partial charge is 0.463 e. The second-order valence-corrected chi connectivity index (χ2v) is 3.36. The summed E-state index contributed by atoms with van der Waals surface area (Å²) in [5, 5.41) is 11.6. The van der Waals surface area contributed by atoms with Crippen molar-refractivity contribution < 1.29 is 14.6 Å². The Morgan fingerprint density at radius 2 is 2.47 bits per heavy atom. The smallest absolute Gasteiger partial charge is 0.265 e. The van der Waals surface area contributed by atoms with Gasteiger partial charge in [-0.2, -0.15) is 0 Å². The van der Waals surface area contributed by atoms with Gasteiger partial charge in [-0.3, -0.25) is 4.79 Å². The highest BCUT2D eigenvalue weighted by Gasteiger charge is 2.26. The lowest BCUT2D eigenvalue weighted by Gasteiger charge is -2.24. The number of nitrogens with one attached hydrogen (secondary N) is 1. The molecule has 0 radical (unpaired) electrons. The zero-order chi connectivity index (χ0) is 10.8. The summed E-state index contributed by atoms with van der Waals surface area (Å²) in [6.07, 6.45) is 1.67. The number of carbonyl (C=O) groups excluding carboxylic acids is 1. The number of pyridine rings is 1. The van der Waals surface area contributed by atoms with E-state index in [-0.39, 0.29) is 12.5 Å². The number of carbonyl (C=O) groups is 1. The number of aliphatic hydroxyl groups excluding tert-OH is 1. The van der Waals surface area contributed by atoms with Gasteiger partial charge in [0.1, 0.15) is 5.69 Å². The summed E-state index contributed by atoms with van der Waals surface area (Å²) in [5.74, 6) is 0.250. The van der Waals surface area contributed by atoms with Crippen LogP contribution >= 0.6 is 0 Å². The summed E-state index contributed by atoms with van der Waals surface area (Å²) >= 11 is 0. The second-order valence-electron chi connectivity index (χ2n) is 3.36. The van der Waals surface area contributed by atoms with Crippen LogP contribution in [-0.2, 0) is 11.4 Å². The van der Waals surface area contributed by atoms with Crippen LogP contribution in [0.5, 0.6) is 5.88 Å². The summed E-state index contributed by atoms with van der Waals surface area (Å²) in [4.78, 5) is 15.5. The van der Waals surface area contributed by atoms with E-state index in [2.05, 4.69) is 10.3 Å². The molecule has 0 aromatic carbocycles. The molecule has 0 aliphatic carbocycles. The number of amides is 1. The lowest BCUT2D eigenvalue weighted by molar-refractivity contribution is -0.123. The molecule has 1 aliphatic rings. The molecular formula is C10H12N2O3. The molecule has 0 fully saturated rings. The summed E-state index contributed by atoms with van der Waals surface area (Å²) < 4.78 is 5.39. The van der Waals surface area contributed by atoms with Crippen molar-refractivity contribution in [2.45, 2.75) is 26.1 Å². The Morgan fingerprint density at radius 3 is 3.13 bits per heavy atom. The Labute approximate surface area is 87.1 Å². The van der Waals surface area contributed by atoms with Crippen LogP contribution in [0.4, 0.5) is 5.69 Å². The van der Waals surface area contributed by atoms with Gasteiger partial charge < -0.3 is 15.2 Å². The summed E-state index contributed by atoms with van der Waals surface area (Å²) in [5.41, 5.74) is 1.17. The van der Waals surface area contributed by atoms with Crippen LogP contribution in [0, 0.1) is 0 Å². The topological polar surface area (TPSA) is 71.5 Å². The average molecular weight is 208 g/mol.